The number of amides is 1. The van der Waals surface area contributed by atoms with Crippen LogP contribution in [0.3, 0.4) is 0 Å². The fraction of sp³-hybridized carbons (Fsp3) is 0.105. The van der Waals surface area contributed by atoms with Gasteiger partial charge in [-0.25, -0.2) is 9.79 Å². The summed E-state index contributed by atoms with van der Waals surface area (Å²) in [7, 11) is 0. The Morgan fingerprint density at radius 3 is 2.79 bits per heavy atom. The first-order chi connectivity index (χ1) is 13.8. The molecule has 2 N–H and O–H groups in total. The van der Waals surface area contributed by atoms with Crippen molar-refractivity contribution in [2.45, 2.75) is 6.92 Å². The van der Waals surface area contributed by atoms with E-state index < -0.39 is 17.5 Å². The Hall–Kier alpha value is -3.66. The molecule has 0 radical (unpaired) electrons. The molecule has 0 aliphatic carbocycles. The van der Waals surface area contributed by atoms with E-state index in [1.807, 2.05) is 0 Å². The molecule has 10 heteroatoms. The summed E-state index contributed by atoms with van der Waals surface area (Å²) < 4.78 is 5.24. The maximum absolute atomic E-state index is 12.3. The van der Waals surface area contributed by atoms with Crippen LogP contribution in [0.4, 0.5) is 11.4 Å². The molecule has 29 heavy (non-hydrogen) atoms. The number of nitro benzene ring substituents is 1. The van der Waals surface area contributed by atoms with Gasteiger partial charge in [-0.2, -0.15) is 0 Å². The van der Waals surface area contributed by atoms with Crippen LogP contribution in [0.25, 0.3) is 6.08 Å². The number of carboxylic acids is 1. The molecule has 1 saturated heterocycles. The first kappa shape index (κ1) is 20.1. The normalized spacial score (nSPS) is 16.1. The quantitative estimate of drug-likeness (QED) is 0.422. The van der Waals surface area contributed by atoms with Gasteiger partial charge in [0.1, 0.15) is 5.75 Å². The second kappa shape index (κ2) is 8.57. The van der Waals surface area contributed by atoms with Crippen LogP contribution in [0, 0.1) is 17.0 Å². The van der Waals surface area contributed by atoms with Gasteiger partial charge in [-0.3, -0.25) is 14.9 Å². The molecule has 1 heterocycles. The lowest BCUT2D eigenvalue weighted by molar-refractivity contribution is -0.384. The third-order valence-electron chi connectivity index (χ3n) is 3.82. The largest absolute Gasteiger partial charge is 0.481 e. The van der Waals surface area contributed by atoms with Crippen LogP contribution in [-0.2, 0) is 9.59 Å². The Morgan fingerprint density at radius 1 is 1.34 bits per heavy atom. The van der Waals surface area contributed by atoms with Crippen molar-refractivity contribution in [2.75, 3.05) is 6.61 Å². The number of carboxylic acid groups (broad SMARTS) is 1. The Labute approximate surface area is 169 Å². The third-order valence-corrected chi connectivity index (χ3v) is 4.73. The maximum Gasteiger partial charge on any atom is 0.341 e. The Bertz CT molecular complexity index is 1060. The van der Waals surface area contributed by atoms with Gasteiger partial charge in [0, 0.05) is 17.7 Å². The number of aliphatic imine (C=N–C) groups is 1. The number of aliphatic carboxylic acids is 1. The molecule has 0 unspecified atom stereocenters. The Kier molecular flexibility index (Phi) is 5.93. The SMILES string of the molecule is Cc1cc([N+](=O)[O-])ccc1N=C1NC(=O)/C(=C\c2ccccc2OCC(=O)O)S1. The van der Waals surface area contributed by atoms with Gasteiger partial charge < -0.3 is 15.2 Å². The molecule has 1 amide bonds. The second-order valence-corrected chi connectivity index (χ2v) is 6.96. The highest BCUT2D eigenvalue weighted by Crippen LogP contribution is 2.32. The number of carbonyl (C=O) groups is 2. The zero-order valence-corrected chi connectivity index (χ0v) is 15.9. The van der Waals surface area contributed by atoms with Crippen molar-refractivity contribution in [1.29, 1.82) is 0 Å². The van der Waals surface area contributed by atoms with E-state index >= 15 is 0 Å². The number of hydrogen-bond donors (Lipinski definition) is 2. The van der Waals surface area contributed by atoms with Crippen molar-refractivity contribution in [3.63, 3.8) is 0 Å². The molecular formula is C19H15N3O6S. The smallest absolute Gasteiger partial charge is 0.341 e. The van der Waals surface area contributed by atoms with E-state index in [1.54, 1.807) is 37.3 Å². The molecular weight excluding hydrogens is 398 g/mol. The summed E-state index contributed by atoms with van der Waals surface area (Å²) >= 11 is 1.11. The van der Waals surface area contributed by atoms with Crippen molar-refractivity contribution in [3.05, 3.63) is 68.6 Å². The van der Waals surface area contributed by atoms with Crippen LogP contribution in [-0.4, -0.2) is 33.7 Å². The fourth-order valence-electron chi connectivity index (χ4n) is 2.48. The predicted molar refractivity (Wildman–Crippen MR) is 108 cm³/mol. The van der Waals surface area contributed by atoms with E-state index in [0.717, 1.165) is 11.8 Å². The van der Waals surface area contributed by atoms with Gasteiger partial charge in [0.05, 0.1) is 15.5 Å². The number of para-hydroxylation sites is 1. The van der Waals surface area contributed by atoms with E-state index in [1.165, 1.54) is 18.2 Å². The first-order valence-corrected chi connectivity index (χ1v) is 9.13. The molecule has 0 atom stereocenters. The maximum atomic E-state index is 12.3. The molecule has 1 aliphatic heterocycles. The summed E-state index contributed by atoms with van der Waals surface area (Å²) in [5.74, 6) is -1.12. The minimum atomic E-state index is -1.10. The second-order valence-electron chi connectivity index (χ2n) is 5.93. The van der Waals surface area contributed by atoms with Crippen LogP contribution in [0.5, 0.6) is 5.75 Å². The zero-order valence-electron chi connectivity index (χ0n) is 15.1. The Morgan fingerprint density at radius 2 is 2.10 bits per heavy atom. The topological polar surface area (TPSA) is 131 Å². The number of nitro groups is 1. The monoisotopic (exact) mass is 413 g/mol. The molecule has 3 rings (SSSR count). The number of thioether (sulfide) groups is 1. The molecule has 148 valence electrons. The molecule has 1 aliphatic rings. The van der Waals surface area contributed by atoms with E-state index in [4.69, 9.17) is 9.84 Å². The number of hydrogen-bond acceptors (Lipinski definition) is 7. The van der Waals surface area contributed by atoms with E-state index in [2.05, 4.69) is 10.3 Å². The van der Waals surface area contributed by atoms with Crippen molar-refractivity contribution >= 4 is 46.3 Å². The van der Waals surface area contributed by atoms with Gasteiger partial charge in [0.25, 0.3) is 11.6 Å². The van der Waals surface area contributed by atoms with Crippen molar-refractivity contribution in [2.24, 2.45) is 4.99 Å². The van der Waals surface area contributed by atoms with Gasteiger partial charge >= 0.3 is 5.97 Å². The van der Waals surface area contributed by atoms with Gasteiger partial charge in [0.2, 0.25) is 0 Å². The molecule has 2 aromatic rings. The highest BCUT2D eigenvalue weighted by molar-refractivity contribution is 8.18. The van der Waals surface area contributed by atoms with Crippen molar-refractivity contribution in [1.82, 2.24) is 5.32 Å². The summed E-state index contributed by atoms with van der Waals surface area (Å²) in [6, 6.07) is 11.0. The lowest BCUT2D eigenvalue weighted by atomic mass is 10.2. The lowest BCUT2D eigenvalue weighted by Gasteiger charge is -2.06. The van der Waals surface area contributed by atoms with Crippen molar-refractivity contribution < 1.29 is 24.4 Å². The fourth-order valence-corrected chi connectivity index (χ4v) is 3.31. The van der Waals surface area contributed by atoms with Crippen LogP contribution < -0.4 is 10.1 Å². The number of ether oxygens (including phenoxy) is 1. The van der Waals surface area contributed by atoms with E-state index in [9.17, 15) is 19.7 Å². The van der Waals surface area contributed by atoms with Crippen LogP contribution in [0.2, 0.25) is 0 Å². The van der Waals surface area contributed by atoms with E-state index in [-0.39, 0.29) is 11.6 Å². The third kappa shape index (κ3) is 4.99. The molecule has 9 nitrogen and oxygen atoms in total. The van der Waals surface area contributed by atoms with Crippen molar-refractivity contribution in [3.8, 4) is 5.75 Å². The minimum absolute atomic E-state index is 0.0342. The minimum Gasteiger partial charge on any atom is -0.481 e. The van der Waals surface area contributed by atoms with Gasteiger partial charge in [-0.05, 0) is 42.5 Å². The molecule has 0 bridgehead atoms. The number of nitrogens with one attached hydrogen (secondary N) is 1. The highest BCUT2D eigenvalue weighted by Gasteiger charge is 2.24. The zero-order chi connectivity index (χ0) is 21.0. The number of amidine groups is 1. The molecule has 0 aromatic heterocycles. The summed E-state index contributed by atoms with van der Waals surface area (Å²) in [6.45, 7) is 1.20. The average Bonchev–Trinajstić information content (AvgIpc) is 3.01. The van der Waals surface area contributed by atoms with Gasteiger partial charge in [-0.1, -0.05) is 18.2 Å². The summed E-state index contributed by atoms with van der Waals surface area (Å²) in [5, 5.41) is 22.6. The van der Waals surface area contributed by atoms with Gasteiger partial charge in [-0.15, -0.1) is 0 Å². The number of nitrogens with zero attached hydrogens (tertiary/aromatic N) is 2. The van der Waals surface area contributed by atoms with Gasteiger partial charge in [0.15, 0.2) is 11.8 Å². The Balaban J connectivity index is 1.83. The summed E-state index contributed by atoms with van der Waals surface area (Å²) in [5.41, 5.74) is 1.63. The number of carbonyl (C=O) groups excluding carboxylic acids is 1. The number of aryl methyl sites for hydroxylation is 1. The average molecular weight is 413 g/mol. The first-order valence-electron chi connectivity index (χ1n) is 8.32. The summed E-state index contributed by atoms with van der Waals surface area (Å²) in [4.78, 5) is 38.1. The van der Waals surface area contributed by atoms with Crippen LogP contribution in [0.15, 0.2) is 52.4 Å². The molecule has 1 fully saturated rings. The number of benzene rings is 2. The number of rotatable bonds is 6. The molecule has 0 saturated carbocycles. The lowest BCUT2D eigenvalue weighted by Crippen LogP contribution is -2.19. The van der Waals surface area contributed by atoms with E-state index in [0.29, 0.717) is 32.6 Å². The number of non-ortho nitro benzene ring substituents is 1. The predicted octanol–water partition coefficient (Wildman–Crippen LogP) is 3.26. The molecule has 0 spiro atoms. The standard InChI is InChI=1S/C19H15N3O6S/c1-11-8-13(22(26)27)6-7-14(11)20-19-21-18(25)16(29-19)9-12-4-2-3-5-15(12)28-10-17(23)24/h2-9H,10H2,1H3,(H,23,24)(H,20,21,25)/b16-9+. The highest BCUT2D eigenvalue weighted by atomic mass is 32.2. The van der Waals surface area contributed by atoms with Crippen LogP contribution >= 0.6 is 11.8 Å². The van der Waals surface area contributed by atoms with Crippen LogP contribution in [0.1, 0.15) is 11.1 Å². The molecule has 2 aromatic carbocycles. The summed E-state index contributed by atoms with van der Waals surface area (Å²) in [6.07, 6.45) is 1.59.